The van der Waals surface area contributed by atoms with Crippen molar-refractivity contribution in [2.45, 2.75) is 51.5 Å². The largest absolute Gasteiger partial charge is 0.495 e. The maximum atomic E-state index is 8.89. The lowest BCUT2D eigenvalue weighted by molar-refractivity contribution is 0.209. The van der Waals surface area contributed by atoms with Crippen molar-refractivity contribution in [3.63, 3.8) is 0 Å². The first-order valence-corrected chi connectivity index (χ1v) is 6.57. The van der Waals surface area contributed by atoms with E-state index in [-0.39, 0.29) is 5.54 Å². The lowest BCUT2D eigenvalue weighted by Gasteiger charge is -2.17. The predicted octanol–water partition coefficient (Wildman–Crippen LogP) is 1.26. The molecule has 0 aliphatic rings. The van der Waals surface area contributed by atoms with Gasteiger partial charge in [0.15, 0.2) is 0 Å². The van der Waals surface area contributed by atoms with Gasteiger partial charge in [0.1, 0.15) is 0 Å². The summed E-state index contributed by atoms with van der Waals surface area (Å²) in [5, 5.41) is 0. The van der Waals surface area contributed by atoms with Gasteiger partial charge in [0.25, 0.3) is 0 Å². The Hall–Kier alpha value is 0.0969. The van der Waals surface area contributed by atoms with Crippen molar-refractivity contribution in [3.05, 3.63) is 0 Å². The minimum Gasteiger partial charge on any atom is -0.390 e. The van der Waals surface area contributed by atoms with Gasteiger partial charge < -0.3 is 14.4 Å². The second-order valence-corrected chi connectivity index (χ2v) is 5.80. The highest BCUT2D eigenvalue weighted by atomic mass is 28.4. The zero-order valence-corrected chi connectivity index (χ0v) is 8.95. The van der Waals surface area contributed by atoms with Crippen LogP contribution < -0.4 is 0 Å². The summed E-state index contributed by atoms with van der Waals surface area (Å²) in [6.07, 6.45) is 5.17. The molecule has 0 aromatic rings. The van der Waals surface area contributed by atoms with Gasteiger partial charge in [-0.15, -0.1) is 0 Å². The number of rotatable bonds is 6. The Morgan fingerprint density at radius 1 is 1.08 bits per heavy atom. The molecule has 0 aromatic heterocycles. The van der Waals surface area contributed by atoms with Gasteiger partial charge in [-0.1, -0.05) is 39.5 Å². The Morgan fingerprint density at radius 3 is 2.08 bits per heavy atom. The van der Waals surface area contributed by atoms with E-state index in [2.05, 4.69) is 6.92 Å². The topological polar surface area (TPSA) is 60.7 Å². The molecule has 0 spiro atoms. The highest BCUT2D eigenvalue weighted by molar-refractivity contribution is 6.57. The van der Waals surface area contributed by atoms with Gasteiger partial charge in [-0.3, -0.25) is 0 Å². The molecule has 74 valence electrons. The highest BCUT2D eigenvalue weighted by Crippen LogP contribution is 2.21. The molecule has 1 unspecified atom stereocenters. The van der Waals surface area contributed by atoms with Gasteiger partial charge in [0, 0.05) is 5.54 Å². The summed E-state index contributed by atoms with van der Waals surface area (Å²) in [6, 6.07) is 0. The van der Waals surface area contributed by atoms with Crippen LogP contribution in [0.5, 0.6) is 0 Å². The third-order valence-electron chi connectivity index (χ3n) is 2.15. The highest BCUT2D eigenvalue weighted by Gasteiger charge is 2.34. The van der Waals surface area contributed by atoms with Crippen molar-refractivity contribution in [2.24, 2.45) is 0 Å². The third kappa shape index (κ3) is 5.71. The molecule has 0 saturated heterocycles. The minimum absolute atomic E-state index is 0.325. The van der Waals surface area contributed by atoms with Crippen LogP contribution in [0.1, 0.15) is 46.0 Å². The van der Waals surface area contributed by atoms with Crippen LogP contribution in [0.4, 0.5) is 0 Å². The van der Waals surface area contributed by atoms with Gasteiger partial charge in [-0.05, 0) is 6.42 Å². The van der Waals surface area contributed by atoms with E-state index in [1.54, 1.807) is 6.92 Å². The molecule has 0 rings (SSSR count). The van der Waals surface area contributed by atoms with Gasteiger partial charge >= 0.3 is 8.80 Å². The van der Waals surface area contributed by atoms with Gasteiger partial charge in [0.05, 0.1) is 0 Å². The molecule has 0 bridgehead atoms. The van der Waals surface area contributed by atoms with Gasteiger partial charge in [-0.25, -0.2) is 0 Å². The monoisotopic (exact) mass is 192 g/mol. The fourth-order valence-corrected chi connectivity index (χ4v) is 1.66. The Labute approximate surface area is 75.4 Å². The molecule has 0 fully saturated rings. The van der Waals surface area contributed by atoms with E-state index in [9.17, 15) is 0 Å². The Morgan fingerprint density at radius 2 is 1.67 bits per heavy atom. The van der Waals surface area contributed by atoms with E-state index in [1.165, 1.54) is 12.8 Å². The van der Waals surface area contributed by atoms with Crippen molar-refractivity contribution >= 4 is 8.80 Å². The zero-order valence-electron chi connectivity index (χ0n) is 7.95. The normalized spacial score (nSPS) is 14.8. The van der Waals surface area contributed by atoms with Crippen LogP contribution in [0.25, 0.3) is 0 Å². The summed E-state index contributed by atoms with van der Waals surface area (Å²) in [5.41, 5.74) is -0.325. The van der Waals surface area contributed by atoms with Gasteiger partial charge in [0.2, 0.25) is 0 Å². The summed E-state index contributed by atoms with van der Waals surface area (Å²) in [5.74, 6) is 0. The first-order chi connectivity index (χ1) is 5.48. The third-order valence-corrected chi connectivity index (χ3v) is 3.76. The molecular weight excluding hydrogens is 172 g/mol. The molecule has 3 nitrogen and oxygen atoms in total. The fourth-order valence-electron chi connectivity index (χ4n) is 1.07. The second-order valence-electron chi connectivity index (χ2n) is 3.44. The molecule has 12 heavy (non-hydrogen) atoms. The lowest BCUT2D eigenvalue weighted by Crippen LogP contribution is -2.39. The minimum atomic E-state index is -3.82. The maximum absolute atomic E-state index is 8.89. The average molecular weight is 192 g/mol. The molecule has 4 heteroatoms. The number of hydrogen-bond acceptors (Lipinski definition) is 3. The SMILES string of the molecule is CCCCCCC(C)[Si](O)(O)O. The van der Waals surface area contributed by atoms with E-state index in [0.29, 0.717) is 0 Å². The summed E-state index contributed by atoms with van der Waals surface area (Å²) >= 11 is 0. The lowest BCUT2D eigenvalue weighted by atomic mass is 10.1. The molecule has 0 aliphatic heterocycles. The molecule has 0 aliphatic carbocycles. The van der Waals surface area contributed by atoms with Crippen LogP contribution in [0.2, 0.25) is 5.54 Å². The average Bonchev–Trinajstić information content (AvgIpc) is 1.96. The predicted molar refractivity (Wildman–Crippen MR) is 50.6 cm³/mol. The molecule has 0 saturated carbocycles. The number of unbranched alkanes of at least 4 members (excludes halogenated alkanes) is 3. The van der Waals surface area contributed by atoms with Crippen molar-refractivity contribution < 1.29 is 14.4 Å². The number of hydrogen-bond donors (Lipinski definition) is 3. The van der Waals surface area contributed by atoms with Crippen molar-refractivity contribution in [1.82, 2.24) is 0 Å². The second kappa shape index (κ2) is 5.69. The van der Waals surface area contributed by atoms with E-state index in [4.69, 9.17) is 14.4 Å². The molecule has 3 N–H and O–H groups in total. The maximum Gasteiger partial charge on any atom is 0.495 e. The first-order valence-electron chi connectivity index (χ1n) is 4.65. The summed E-state index contributed by atoms with van der Waals surface area (Å²) in [6.45, 7) is 3.82. The summed E-state index contributed by atoms with van der Waals surface area (Å²) < 4.78 is 0. The molecule has 1 atom stereocenters. The van der Waals surface area contributed by atoms with E-state index in [0.717, 1.165) is 19.3 Å². The van der Waals surface area contributed by atoms with Crippen LogP contribution in [-0.2, 0) is 0 Å². The molecule has 0 radical (unpaired) electrons. The van der Waals surface area contributed by atoms with Crippen LogP contribution in [0.3, 0.4) is 0 Å². The van der Waals surface area contributed by atoms with Crippen LogP contribution in [0.15, 0.2) is 0 Å². The van der Waals surface area contributed by atoms with Crippen molar-refractivity contribution in [2.75, 3.05) is 0 Å². The van der Waals surface area contributed by atoms with Crippen LogP contribution >= 0.6 is 0 Å². The summed E-state index contributed by atoms with van der Waals surface area (Å²) in [7, 11) is -3.82. The smallest absolute Gasteiger partial charge is 0.390 e. The van der Waals surface area contributed by atoms with Crippen molar-refractivity contribution in [1.29, 1.82) is 0 Å². The van der Waals surface area contributed by atoms with Crippen LogP contribution in [-0.4, -0.2) is 23.2 Å². The summed E-state index contributed by atoms with van der Waals surface area (Å²) in [4.78, 5) is 26.7. The van der Waals surface area contributed by atoms with E-state index < -0.39 is 8.80 Å². The van der Waals surface area contributed by atoms with E-state index in [1.807, 2.05) is 0 Å². The molecule has 0 heterocycles. The van der Waals surface area contributed by atoms with Crippen molar-refractivity contribution in [3.8, 4) is 0 Å². The molecular formula is C8H20O3Si. The Kier molecular flexibility index (Phi) is 5.74. The van der Waals surface area contributed by atoms with Crippen LogP contribution in [0, 0.1) is 0 Å². The molecule has 0 aromatic carbocycles. The van der Waals surface area contributed by atoms with E-state index >= 15 is 0 Å². The molecule has 0 amide bonds. The fraction of sp³-hybridized carbons (Fsp3) is 1.00. The Balaban J connectivity index is 3.38. The standard InChI is InChI=1S/C8H20O3Si/c1-3-4-5-6-7-8(2)12(9,10)11/h8-11H,3-7H2,1-2H3. The zero-order chi connectivity index (χ0) is 9.61. The Bertz CT molecular complexity index is 111. The van der Waals surface area contributed by atoms with Gasteiger partial charge in [-0.2, -0.15) is 0 Å². The quantitative estimate of drug-likeness (QED) is 0.438. The first kappa shape index (κ1) is 12.1.